The average molecular weight is 446 g/mol. The van der Waals surface area contributed by atoms with Crippen molar-refractivity contribution in [2.75, 3.05) is 25.4 Å². The molecule has 2 aliphatic rings. The second-order valence-electron chi connectivity index (χ2n) is 8.65. The Hall–Kier alpha value is -2.26. The Kier molecular flexibility index (Phi) is 5.34. The second-order valence-corrected chi connectivity index (χ2v) is 9.71. The largest absolute Gasteiger partial charge is 0.440 e. The van der Waals surface area contributed by atoms with E-state index in [-0.39, 0.29) is 11.3 Å². The molecule has 0 N–H and O–H groups in total. The maximum atomic E-state index is 14.2. The van der Waals surface area contributed by atoms with Crippen LogP contribution in [0.1, 0.15) is 36.4 Å². The van der Waals surface area contributed by atoms with Crippen LogP contribution in [0.2, 0.25) is 0 Å². The molecule has 3 heterocycles. The molecule has 1 aliphatic heterocycles. The topological polar surface area (TPSA) is 60.0 Å². The third-order valence-corrected chi connectivity index (χ3v) is 7.73. The second kappa shape index (κ2) is 8.02. The molecule has 2 fully saturated rings. The molecule has 5 rings (SSSR count). The molecule has 1 unspecified atom stereocenters. The van der Waals surface area contributed by atoms with E-state index in [2.05, 4.69) is 20.1 Å². The SMILES string of the molecule is Cc1ncoc1-c1nnc(SCCCN2CCC3(C[C@@H]3c3ccc(F)cc3F)C2)n1C. The predicted molar refractivity (Wildman–Crippen MR) is 114 cm³/mol. The van der Waals surface area contributed by atoms with Crippen molar-refractivity contribution in [2.45, 2.75) is 37.3 Å². The molecule has 2 atom stereocenters. The van der Waals surface area contributed by atoms with E-state index in [1.54, 1.807) is 17.8 Å². The van der Waals surface area contributed by atoms with Crippen LogP contribution < -0.4 is 0 Å². The van der Waals surface area contributed by atoms with Gasteiger partial charge in [-0.2, -0.15) is 0 Å². The number of benzene rings is 1. The van der Waals surface area contributed by atoms with E-state index in [0.717, 1.165) is 61.6 Å². The summed E-state index contributed by atoms with van der Waals surface area (Å²) in [6.45, 7) is 4.94. The Morgan fingerprint density at radius 3 is 2.94 bits per heavy atom. The Balaban J connectivity index is 1.11. The van der Waals surface area contributed by atoms with Crippen LogP contribution in [-0.2, 0) is 7.05 Å². The number of aromatic nitrogens is 4. The van der Waals surface area contributed by atoms with E-state index in [1.807, 2.05) is 18.5 Å². The van der Waals surface area contributed by atoms with Gasteiger partial charge in [-0.05, 0) is 62.2 Å². The molecular weight excluding hydrogens is 420 g/mol. The maximum Gasteiger partial charge on any atom is 0.202 e. The Labute approximate surface area is 184 Å². The first-order valence-corrected chi connectivity index (χ1v) is 11.6. The quantitative estimate of drug-likeness (QED) is 0.396. The number of rotatable bonds is 7. The van der Waals surface area contributed by atoms with E-state index >= 15 is 0 Å². The normalized spacial score (nSPS) is 23.2. The van der Waals surface area contributed by atoms with Gasteiger partial charge in [0.1, 0.15) is 11.6 Å². The van der Waals surface area contributed by atoms with E-state index in [9.17, 15) is 8.78 Å². The van der Waals surface area contributed by atoms with Gasteiger partial charge < -0.3 is 13.9 Å². The van der Waals surface area contributed by atoms with Crippen molar-refractivity contribution in [1.82, 2.24) is 24.6 Å². The lowest BCUT2D eigenvalue weighted by Crippen LogP contribution is -2.23. The Morgan fingerprint density at radius 2 is 2.16 bits per heavy atom. The molecule has 0 bridgehead atoms. The molecule has 31 heavy (non-hydrogen) atoms. The van der Waals surface area contributed by atoms with Gasteiger partial charge in [-0.15, -0.1) is 10.2 Å². The molecule has 9 heteroatoms. The number of oxazole rings is 1. The summed E-state index contributed by atoms with van der Waals surface area (Å²) in [5.74, 6) is 1.60. The number of nitrogens with zero attached hydrogens (tertiary/aromatic N) is 5. The number of hydrogen-bond acceptors (Lipinski definition) is 6. The molecule has 1 aliphatic carbocycles. The van der Waals surface area contributed by atoms with Crippen molar-refractivity contribution in [2.24, 2.45) is 12.5 Å². The summed E-state index contributed by atoms with van der Waals surface area (Å²) >= 11 is 1.69. The van der Waals surface area contributed by atoms with E-state index < -0.39 is 11.6 Å². The van der Waals surface area contributed by atoms with Crippen LogP contribution in [0.4, 0.5) is 8.78 Å². The van der Waals surface area contributed by atoms with Gasteiger partial charge in [0.2, 0.25) is 5.82 Å². The van der Waals surface area contributed by atoms with E-state index in [0.29, 0.717) is 17.1 Å². The highest BCUT2D eigenvalue weighted by molar-refractivity contribution is 7.99. The summed E-state index contributed by atoms with van der Waals surface area (Å²) in [4.78, 5) is 6.59. The van der Waals surface area contributed by atoms with Gasteiger partial charge in [0.25, 0.3) is 0 Å². The van der Waals surface area contributed by atoms with Crippen LogP contribution >= 0.6 is 11.8 Å². The van der Waals surface area contributed by atoms with Crippen LogP contribution in [0, 0.1) is 24.0 Å². The Morgan fingerprint density at radius 1 is 1.29 bits per heavy atom. The fourth-order valence-electron chi connectivity index (χ4n) is 4.80. The van der Waals surface area contributed by atoms with Crippen LogP contribution in [0.5, 0.6) is 0 Å². The third kappa shape index (κ3) is 3.89. The monoisotopic (exact) mass is 445 g/mol. The number of likely N-dealkylation sites (tertiary alicyclic amines) is 1. The third-order valence-electron chi connectivity index (χ3n) is 6.63. The molecule has 0 radical (unpaired) electrons. The lowest BCUT2D eigenvalue weighted by Gasteiger charge is -2.16. The number of hydrogen-bond donors (Lipinski definition) is 0. The van der Waals surface area contributed by atoms with Crippen LogP contribution in [-0.4, -0.2) is 50.0 Å². The zero-order valence-corrected chi connectivity index (χ0v) is 18.5. The maximum absolute atomic E-state index is 14.2. The Bertz CT molecular complexity index is 1100. The van der Waals surface area contributed by atoms with Gasteiger partial charge in [-0.1, -0.05) is 17.8 Å². The van der Waals surface area contributed by atoms with Crippen molar-refractivity contribution in [3.63, 3.8) is 0 Å². The molecular formula is C22H25F2N5OS. The number of thioether (sulfide) groups is 1. The first-order chi connectivity index (χ1) is 15.0. The van der Waals surface area contributed by atoms with Gasteiger partial charge in [-0.25, -0.2) is 13.8 Å². The fourth-order valence-corrected chi connectivity index (χ4v) is 5.64. The van der Waals surface area contributed by atoms with E-state index in [1.165, 1.54) is 12.5 Å². The minimum Gasteiger partial charge on any atom is -0.440 e. The molecule has 164 valence electrons. The highest BCUT2D eigenvalue weighted by atomic mass is 32.2. The average Bonchev–Trinajstić information content (AvgIpc) is 3.04. The van der Waals surface area contributed by atoms with Crippen LogP contribution in [0.15, 0.2) is 34.2 Å². The summed E-state index contributed by atoms with van der Waals surface area (Å²) in [6.07, 6.45) is 4.55. The van der Waals surface area contributed by atoms with E-state index in [4.69, 9.17) is 4.42 Å². The van der Waals surface area contributed by atoms with Gasteiger partial charge in [0, 0.05) is 25.4 Å². The molecule has 1 saturated heterocycles. The zero-order chi connectivity index (χ0) is 21.6. The summed E-state index contributed by atoms with van der Waals surface area (Å²) in [7, 11) is 1.94. The molecule has 3 aromatic rings. The zero-order valence-electron chi connectivity index (χ0n) is 17.6. The highest BCUT2D eigenvalue weighted by Crippen LogP contribution is 2.64. The summed E-state index contributed by atoms with van der Waals surface area (Å²) in [5, 5.41) is 9.39. The molecule has 0 amide bonds. The summed E-state index contributed by atoms with van der Waals surface area (Å²) in [5.41, 5.74) is 1.66. The molecule has 2 aromatic heterocycles. The molecule has 1 spiro atoms. The van der Waals surface area contributed by atoms with Crippen molar-refractivity contribution in [3.8, 4) is 11.6 Å². The number of aryl methyl sites for hydroxylation is 1. The molecule has 6 nitrogen and oxygen atoms in total. The predicted octanol–water partition coefficient (Wildman–Crippen LogP) is 4.42. The van der Waals surface area contributed by atoms with Crippen LogP contribution in [0.25, 0.3) is 11.6 Å². The van der Waals surface area contributed by atoms with Crippen LogP contribution in [0.3, 0.4) is 0 Å². The minimum absolute atomic E-state index is 0.180. The van der Waals surface area contributed by atoms with Crippen molar-refractivity contribution in [1.29, 1.82) is 0 Å². The fraction of sp³-hybridized carbons (Fsp3) is 0.500. The van der Waals surface area contributed by atoms with Gasteiger partial charge in [0.15, 0.2) is 17.3 Å². The number of halogens is 2. The lowest BCUT2D eigenvalue weighted by molar-refractivity contribution is 0.319. The van der Waals surface area contributed by atoms with Crippen molar-refractivity contribution >= 4 is 11.8 Å². The molecule has 1 aromatic carbocycles. The lowest BCUT2D eigenvalue weighted by atomic mass is 9.98. The van der Waals surface area contributed by atoms with Crippen molar-refractivity contribution in [3.05, 3.63) is 47.5 Å². The molecule has 1 saturated carbocycles. The van der Waals surface area contributed by atoms with Gasteiger partial charge in [-0.3, -0.25) is 0 Å². The highest BCUT2D eigenvalue weighted by Gasteiger charge is 2.58. The van der Waals surface area contributed by atoms with Gasteiger partial charge >= 0.3 is 0 Å². The first kappa shape index (κ1) is 20.6. The van der Waals surface area contributed by atoms with Gasteiger partial charge in [0.05, 0.1) is 5.69 Å². The standard InChI is InChI=1S/C22H25F2N5OS/c1-14-19(30-13-25-14)20-26-27-21(28(20)2)31-9-3-7-29-8-6-22(12-29)11-17(22)16-5-4-15(23)10-18(16)24/h4-5,10,13,17H,3,6-9,11-12H2,1-2H3/t17-,22?/m1/s1. The summed E-state index contributed by atoms with van der Waals surface area (Å²) in [6, 6.07) is 4.00. The first-order valence-electron chi connectivity index (χ1n) is 10.6. The van der Waals surface area contributed by atoms with Crippen molar-refractivity contribution < 1.29 is 13.2 Å². The minimum atomic E-state index is -0.507. The smallest absolute Gasteiger partial charge is 0.202 e. The summed E-state index contributed by atoms with van der Waals surface area (Å²) < 4.78 is 34.7.